The zero-order chi connectivity index (χ0) is 16.8. The highest BCUT2D eigenvalue weighted by Gasteiger charge is 2.03. The molecule has 2 rings (SSSR count). The Morgan fingerprint density at radius 1 is 1.39 bits per heavy atom. The lowest BCUT2D eigenvalue weighted by Gasteiger charge is -2.06. The van der Waals surface area contributed by atoms with Crippen molar-refractivity contribution in [2.75, 3.05) is 5.32 Å². The number of nitrogens with two attached hydrogens (primary N) is 2. The van der Waals surface area contributed by atoms with Crippen molar-refractivity contribution >= 4 is 50.7 Å². The second-order valence-corrected chi connectivity index (χ2v) is 5.67. The molecule has 0 saturated heterocycles. The van der Waals surface area contributed by atoms with Gasteiger partial charge in [-0.15, -0.1) is 0 Å². The normalized spacial score (nSPS) is 12.2. The Bertz CT molecular complexity index is 812. The number of nitrogens with one attached hydrogen (secondary N) is 3. The molecule has 0 atom stereocenters. The van der Waals surface area contributed by atoms with Crippen LogP contribution in [0.15, 0.2) is 41.3 Å². The van der Waals surface area contributed by atoms with Gasteiger partial charge in [-0.05, 0) is 36.9 Å². The zero-order valence-corrected chi connectivity index (χ0v) is 13.2. The van der Waals surface area contributed by atoms with E-state index in [1.807, 2.05) is 0 Å². The smallest absolute Gasteiger partial charge is 0.166 e. The fourth-order valence-corrected chi connectivity index (χ4v) is 2.16. The van der Waals surface area contributed by atoms with Gasteiger partial charge < -0.3 is 22.2 Å². The van der Waals surface area contributed by atoms with Crippen LogP contribution in [0.1, 0.15) is 6.92 Å². The third-order valence-electron chi connectivity index (χ3n) is 2.63. The Morgan fingerprint density at radius 3 is 2.83 bits per heavy atom. The van der Waals surface area contributed by atoms with Crippen LogP contribution in [0.3, 0.4) is 0 Å². The number of rotatable bonds is 4. The minimum atomic E-state index is 0.253. The molecule has 8 nitrogen and oxygen atoms in total. The van der Waals surface area contributed by atoms with Crippen LogP contribution in [0, 0.1) is 10.8 Å². The summed E-state index contributed by atoms with van der Waals surface area (Å²) in [6.45, 7) is 1.63. The highest BCUT2D eigenvalue weighted by Crippen LogP contribution is 2.20. The van der Waals surface area contributed by atoms with Crippen molar-refractivity contribution in [1.82, 2.24) is 9.97 Å². The van der Waals surface area contributed by atoms with Crippen molar-refractivity contribution in [3.63, 3.8) is 0 Å². The van der Waals surface area contributed by atoms with Gasteiger partial charge in [0.25, 0.3) is 0 Å². The molecule has 0 aliphatic heterocycles. The Hall–Kier alpha value is -2.94. The van der Waals surface area contributed by atoms with E-state index < -0.39 is 0 Å². The second-order valence-electron chi connectivity index (χ2n) is 4.43. The SMILES string of the molecule is CC(=N)SC(N)=Nc1ccc2ncc(N/C(C=N)=C/N)cc2n1. The van der Waals surface area contributed by atoms with Gasteiger partial charge in [0.15, 0.2) is 11.0 Å². The fraction of sp³-hybridized carbons (Fsp3) is 0.0714. The van der Waals surface area contributed by atoms with Gasteiger partial charge in [0, 0.05) is 12.4 Å². The van der Waals surface area contributed by atoms with E-state index in [0.29, 0.717) is 33.3 Å². The van der Waals surface area contributed by atoms with Gasteiger partial charge in [-0.2, -0.15) is 0 Å². The summed E-state index contributed by atoms with van der Waals surface area (Å²) in [5.74, 6) is 0.435. The maximum atomic E-state index is 7.38. The average Bonchev–Trinajstić information content (AvgIpc) is 2.51. The molecule has 118 valence electrons. The predicted octanol–water partition coefficient (Wildman–Crippen LogP) is 2.17. The first kappa shape index (κ1) is 16.4. The number of anilines is 1. The Balaban J connectivity index is 2.34. The molecule has 2 heterocycles. The molecule has 7 N–H and O–H groups in total. The van der Waals surface area contributed by atoms with Crippen LogP contribution in [-0.2, 0) is 0 Å². The van der Waals surface area contributed by atoms with E-state index in [4.69, 9.17) is 22.3 Å². The second kappa shape index (κ2) is 7.36. The number of thioether (sulfide) groups is 1. The van der Waals surface area contributed by atoms with Crippen LogP contribution in [0.25, 0.3) is 11.0 Å². The summed E-state index contributed by atoms with van der Waals surface area (Å²) in [7, 11) is 0. The molecule has 2 aromatic rings. The molecule has 0 radical (unpaired) electrons. The molecule has 2 aromatic heterocycles. The number of amidine groups is 1. The van der Waals surface area contributed by atoms with Gasteiger partial charge in [0.05, 0.1) is 33.7 Å². The molecule has 0 unspecified atom stereocenters. The van der Waals surface area contributed by atoms with Gasteiger partial charge in [0.2, 0.25) is 0 Å². The minimum Gasteiger partial charge on any atom is -0.403 e. The number of aliphatic imine (C=N–C) groups is 1. The van der Waals surface area contributed by atoms with Crippen LogP contribution in [-0.4, -0.2) is 26.4 Å². The standard InChI is InChI=1S/C14H16N8S/c1-8(17)23-14(18)22-13-3-2-11-12(21-13)4-9(7-19-11)20-10(5-15)6-16/h2-7,15,17,20H,16H2,1H3,(H2,18,21,22)/b10-6+,15-5?,17-8?. The highest BCUT2D eigenvalue weighted by atomic mass is 32.2. The topological polar surface area (TPSA) is 150 Å². The maximum Gasteiger partial charge on any atom is 0.166 e. The summed E-state index contributed by atoms with van der Waals surface area (Å²) < 4.78 is 0. The van der Waals surface area contributed by atoms with Gasteiger partial charge in [-0.1, -0.05) is 0 Å². The monoisotopic (exact) mass is 328 g/mol. The van der Waals surface area contributed by atoms with E-state index in [9.17, 15) is 0 Å². The zero-order valence-electron chi connectivity index (χ0n) is 12.4. The van der Waals surface area contributed by atoms with E-state index in [1.54, 1.807) is 31.3 Å². The van der Waals surface area contributed by atoms with Crippen LogP contribution in [0.4, 0.5) is 11.5 Å². The summed E-state index contributed by atoms with van der Waals surface area (Å²) >= 11 is 1.07. The average molecular weight is 328 g/mol. The first-order valence-corrected chi connectivity index (χ1v) is 7.37. The molecule has 0 amide bonds. The largest absolute Gasteiger partial charge is 0.403 e. The maximum absolute atomic E-state index is 7.38. The molecule has 0 saturated carbocycles. The highest BCUT2D eigenvalue weighted by molar-refractivity contribution is 8.26. The Kier molecular flexibility index (Phi) is 5.26. The van der Waals surface area contributed by atoms with Gasteiger partial charge in [0.1, 0.15) is 0 Å². The van der Waals surface area contributed by atoms with Crippen LogP contribution < -0.4 is 16.8 Å². The number of aromatic nitrogens is 2. The van der Waals surface area contributed by atoms with Crippen molar-refractivity contribution in [3.05, 3.63) is 36.3 Å². The van der Waals surface area contributed by atoms with Crippen LogP contribution >= 0.6 is 11.8 Å². The Labute approximate surface area is 137 Å². The van der Waals surface area contributed by atoms with E-state index >= 15 is 0 Å². The lowest BCUT2D eigenvalue weighted by molar-refractivity contribution is 1.29. The number of pyridine rings is 2. The number of fused-ring (bicyclic) bond motifs is 1. The number of allylic oxidation sites excluding steroid dienone is 1. The van der Waals surface area contributed by atoms with Gasteiger partial charge in [-0.3, -0.25) is 10.4 Å². The van der Waals surface area contributed by atoms with Crippen LogP contribution in [0.2, 0.25) is 0 Å². The molecule has 0 bridgehead atoms. The molecule has 0 aliphatic carbocycles. The summed E-state index contributed by atoms with van der Waals surface area (Å²) in [5, 5.41) is 18.2. The van der Waals surface area contributed by atoms with Gasteiger partial charge >= 0.3 is 0 Å². The Morgan fingerprint density at radius 2 is 2.17 bits per heavy atom. The minimum absolute atomic E-state index is 0.253. The molecule has 0 aromatic carbocycles. The summed E-state index contributed by atoms with van der Waals surface area (Å²) in [5.41, 5.74) is 13.6. The third-order valence-corrected chi connectivity index (χ3v) is 3.24. The predicted molar refractivity (Wildman–Crippen MR) is 96.5 cm³/mol. The molecule has 23 heavy (non-hydrogen) atoms. The van der Waals surface area contributed by atoms with E-state index in [2.05, 4.69) is 20.3 Å². The molecule has 0 fully saturated rings. The van der Waals surface area contributed by atoms with E-state index in [-0.39, 0.29) is 5.17 Å². The first-order chi connectivity index (χ1) is 11.0. The number of hydrogen-bond acceptors (Lipinski definition) is 8. The molecule has 9 heteroatoms. The molecule has 0 spiro atoms. The summed E-state index contributed by atoms with van der Waals surface area (Å²) in [4.78, 5) is 12.8. The van der Waals surface area contributed by atoms with Crippen molar-refractivity contribution in [3.8, 4) is 0 Å². The first-order valence-electron chi connectivity index (χ1n) is 6.55. The fourth-order valence-electron chi connectivity index (χ4n) is 1.71. The van der Waals surface area contributed by atoms with Crippen molar-refractivity contribution in [1.29, 1.82) is 10.8 Å². The number of hydrogen-bond donors (Lipinski definition) is 5. The van der Waals surface area contributed by atoms with Crippen molar-refractivity contribution < 1.29 is 0 Å². The van der Waals surface area contributed by atoms with E-state index in [0.717, 1.165) is 18.0 Å². The van der Waals surface area contributed by atoms with Gasteiger partial charge in [-0.25, -0.2) is 9.98 Å². The quantitative estimate of drug-likeness (QED) is 0.428. The summed E-state index contributed by atoms with van der Waals surface area (Å²) in [6, 6.07) is 5.27. The van der Waals surface area contributed by atoms with Crippen LogP contribution in [0.5, 0.6) is 0 Å². The van der Waals surface area contributed by atoms with Crippen molar-refractivity contribution in [2.24, 2.45) is 16.5 Å². The van der Waals surface area contributed by atoms with E-state index in [1.165, 1.54) is 6.20 Å². The third kappa shape index (κ3) is 4.51. The molecular weight excluding hydrogens is 312 g/mol. The lowest BCUT2D eigenvalue weighted by Crippen LogP contribution is -2.08. The summed E-state index contributed by atoms with van der Waals surface area (Å²) in [6.07, 6.45) is 4.03. The van der Waals surface area contributed by atoms with Crippen molar-refractivity contribution in [2.45, 2.75) is 6.92 Å². The number of nitrogens with zero attached hydrogens (tertiary/aromatic N) is 3. The molecule has 0 aliphatic rings. The molecular formula is C14H16N8S. The lowest BCUT2D eigenvalue weighted by atomic mass is 10.3.